The van der Waals surface area contributed by atoms with Crippen LogP contribution in [0, 0.1) is 0 Å². The Morgan fingerprint density at radius 1 is 1.33 bits per heavy atom. The molecule has 3 nitrogen and oxygen atoms in total. The van der Waals surface area contributed by atoms with Gasteiger partial charge in [-0.25, -0.2) is 5.48 Å². The molecule has 0 aromatic rings. The first-order valence-corrected chi connectivity index (χ1v) is 3.25. The lowest BCUT2D eigenvalue weighted by Gasteiger charge is -2.01. The number of hydrogen-bond acceptors (Lipinski definition) is 3. The van der Waals surface area contributed by atoms with Crippen molar-refractivity contribution < 1.29 is 9.57 Å². The average Bonchev–Trinajstić information content (AvgIpc) is 1.89. The van der Waals surface area contributed by atoms with Gasteiger partial charge in [0.1, 0.15) is 0 Å². The second-order valence-corrected chi connectivity index (χ2v) is 1.74. The van der Waals surface area contributed by atoms with E-state index in [-0.39, 0.29) is 0 Å². The van der Waals surface area contributed by atoms with Crippen molar-refractivity contribution in [3.8, 4) is 0 Å². The van der Waals surface area contributed by atoms with Crippen LogP contribution in [0.4, 0.5) is 0 Å². The molecule has 0 aromatic heterocycles. The highest BCUT2D eigenvalue weighted by molar-refractivity contribution is 4.27. The molecular formula is C6H15NO2. The standard InChI is InChI=1S/C6H15NO2/c1-3-4-7-9-6-5-8-2/h7H,3-6H2,1-2H3. The first-order valence-electron chi connectivity index (χ1n) is 3.25. The minimum Gasteiger partial charge on any atom is -0.382 e. The van der Waals surface area contributed by atoms with E-state index < -0.39 is 0 Å². The molecule has 56 valence electrons. The second-order valence-electron chi connectivity index (χ2n) is 1.74. The predicted octanol–water partition coefficient (Wildman–Crippen LogP) is 0.564. The number of rotatable bonds is 6. The summed E-state index contributed by atoms with van der Waals surface area (Å²) < 4.78 is 4.76. The fourth-order valence-electron chi connectivity index (χ4n) is 0.371. The summed E-state index contributed by atoms with van der Waals surface area (Å²) >= 11 is 0. The monoisotopic (exact) mass is 133 g/mol. The van der Waals surface area contributed by atoms with Crippen molar-refractivity contribution in [3.05, 3.63) is 0 Å². The molecule has 0 saturated carbocycles. The van der Waals surface area contributed by atoms with Gasteiger partial charge in [-0.2, -0.15) is 0 Å². The van der Waals surface area contributed by atoms with Gasteiger partial charge in [-0.1, -0.05) is 6.92 Å². The Morgan fingerprint density at radius 2 is 2.11 bits per heavy atom. The van der Waals surface area contributed by atoms with Crippen LogP contribution in [-0.2, 0) is 9.57 Å². The molecule has 3 heteroatoms. The molecule has 0 fully saturated rings. The van der Waals surface area contributed by atoms with Gasteiger partial charge in [-0.15, -0.1) is 0 Å². The molecule has 0 saturated heterocycles. The van der Waals surface area contributed by atoms with Crippen molar-refractivity contribution in [1.82, 2.24) is 5.48 Å². The summed E-state index contributed by atoms with van der Waals surface area (Å²) in [7, 11) is 1.66. The van der Waals surface area contributed by atoms with Crippen molar-refractivity contribution in [3.63, 3.8) is 0 Å². The third-order valence-corrected chi connectivity index (χ3v) is 0.844. The van der Waals surface area contributed by atoms with Gasteiger partial charge < -0.3 is 4.74 Å². The molecule has 0 heterocycles. The minimum absolute atomic E-state index is 0.622. The maximum atomic E-state index is 4.94. The molecule has 0 radical (unpaired) electrons. The fourth-order valence-corrected chi connectivity index (χ4v) is 0.371. The van der Waals surface area contributed by atoms with Gasteiger partial charge in [0.15, 0.2) is 0 Å². The molecule has 0 amide bonds. The van der Waals surface area contributed by atoms with E-state index in [2.05, 4.69) is 12.4 Å². The first kappa shape index (κ1) is 8.88. The van der Waals surface area contributed by atoms with Crippen molar-refractivity contribution in [2.45, 2.75) is 13.3 Å². The molecule has 0 rings (SSSR count). The number of hydrogen-bond donors (Lipinski definition) is 1. The lowest BCUT2D eigenvalue weighted by atomic mass is 10.5. The summed E-state index contributed by atoms with van der Waals surface area (Å²) in [5.74, 6) is 0. The third kappa shape index (κ3) is 7.88. The zero-order chi connectivity index (χ0) is 6.95. The van der Waals surface area contributed by atoms with Crippen molar-refractivity contribution in [2.24, 2.45) is 0 Å². The van der Waals surface area contributed by atoms with Gasteiger partial charge in [-0.3, -0.25) is 4.84 Å². The summed E-state index contributed by atoms with van der Waals surface area (Å²) in [6.07, 6.45) is 1.09. The lowest BCUT2D eigenvalue weighted by Crippen LogP contribution is -2.17. The average molecular weight is 133 g/mol. The Morgan fingerprint density at radius 3 is 2.67 bits per heavy atom. The summed E-state index contributed by atoms with van der Waals surface area (Å²) in [4.78, 5) is 4.94. The largest absolute Gasteiger partial charge is 0.382 e. The van der Waals surface area contributed by atoms with Crippen molar-refractivity contribution >= 4 is 0 Å². The van der Waals surface area contributed by atoms with Gasteiger partial charge >= 0.3 is 0 Å². The number of ether oxygens (including phenoxy) is 1. The van der Waals surface area contributed by atoms with Crippen LogP contribution in [0.5, 0.6) is 0 Å². The predicted molar refractivity (Wildman–Crippen MR) is 36.1 cm³/mol. The Kier molecular flexibility index (Phi) is 7.77. The third-order valence-electron chi connectivity index (χ3n) is 0.844. The zero-order valence-electron chi connectivity index (χ0n) is 6.14. The number of methoxy groups -OCH3 is 1. The van der Waals surface area contributed by atoms with E-state index in [1.54, 1.807) is 7.11 Å². The highest BCUT2D eigenvalue weighted by Crippen LogP contribution is 1.72. The van der Waals surface area contributed by atoms with Gasteiger partial charge in [0.25, 0.3) is 0 Å². The molecule has 0 aromatic carbocycles. The van der Waals surface area contributed by atoms with Crippen molar-refractivity contribution in [2.75, 3.05) is 26.9 Å². The van der Waals surface area contributed by atoms with Crippen molar-refractivity contribution in [1.29, 1.82) is 0 Å². The second kappa shape index (κ2) is 7.88. The maximum Gasteiger partial charge on any atom is 0.0915 e. The summed E-state index contributed by atoms with van der Waals surface area (Å²) in [6.45, 7) is 4.27. The Labute approximate surface area is 56.3 Å². The number of hydroxylamine groups is 1. The summed E-state index contributed by atoms with van der Waals surface area (Å²) in [6, 6.07) is 0. The van der Waals surface area contributed by atoms with Crippen LogP contribution in [0.15, 0.2) is 0 Å². The molecule has 0 spiro atoms. The number of nitrogens with one attached hydrogen (secondary N) is 1. The van der Waals surface area contributed by atoms with E-state index in [9.17, 15) is 0 Å². The SMILES string of the molecule is CCCNOCCOC. The maximum absolute atomic E-state index is 4.94. The molecule has 9 heavy (non-hydrogen) atoms. The Hall–Kier alpha value is -0.120. The molecule has 0 aliphatic heterocycles. The smallest absolute Gasteiger partial charge is 0.0915 e. The molecule has 1 N–H and O–H groups in total. The lowest BCUT2D eigenvalue weighted by molar-refractivity contribution is 0.00719. The quantitative estimate of drug-likeness (QED) is 0.424. The zero-order valence-corrected chi connectivity index (χ0v) is 6.14. The molecule has 0 atom stereocenters. The molecular weight excluding hydrogens is 118 g/mol. The Balaban J connectivity index is 2.60. The van der Waals surface area contributed by atoms with Crippen LogP contribution in [-0.4, -0.2) is 26.9 Å². The van der Waals surface area contributed by atoms with Crippen LogP contribution in [0.25, 0.3) is 0 Å². The molecule has 0 unspecified atom stereocenters. The van der Waals surface area contributed by atoms with Gasteiger partial charge in [0, 0.05) is 13.7 Å². The van der Waals surface area contributed by atoms with Crippen LogP contribution in [0.3, 0.4) is 0 Å². The van der Waals surface area contributed by atoms with Crippen LogP contribution in [0.1, 0.15) is 13.3 Å². The van der Waals surface area contributed by atoms with Gasteiger partial charge in [0.05, 0.1) is 13.2 Å². The van der Waals surface area contributed by atoms with Gasteiger partial charge in [-0.05, 0) is 6.42 Å². The summed E-state index contributed by atoms with van der Waals surface area (Å²) in [5, 5.41) is 0. The van der Waals surface area contributed by atoms with E-state index in [0.29, 0.717) is 13.2 Å². The van der Waals surface area contributed by atoms with Crippen LogP contribution >= 0.6 is 0 Å². The highest BCUT2D eigenvalue weighted by atomic mass is 16.7. The highest BCUT2D eigenvalue weighted by Gasteiger charge is 1.82. The van der Waals surface area contributed by atoms with E-state index >= 15 is 0 Å². The van der Waals surface area contributed by atoms with E-state index in [0.717, 1.165) is 13.0 Å². The van der Waals surface area contributed by atoms with Gasteiger partial charge in [0.2, 0.25) is 0 Å². The van der Waals surface area contributed by atoms with Crippen LogP contribution in [0.2, 0.25) is 0 Å². The molecule has 0 bridgehead atoms. The topological polar surface area (TPSA) is 30.5 Å². The minimum atomic E-state index is 0.622. The first-order chi connectivity index (χ1) is 4.41. The van der Waals surface area contributed by atoms with E-state index in [1.165, 1.54) is 0 Å². The van der Waals surface area contributed by atoms with Crippen LogP contribution < -0.4 is 5.48 Å². The fraction of sp³-hybridized carbons (Fsp3) is 1.00. The normalized spacial score (nSPS) is 10.0. The molecule has 0 aliphatic rings. The molecule has 0 aliphatic carbocycles. The van der Waals surface area contributed by atoms with E-state index in [1.807, 2.05) is 0 Å². The Bertz CT molecular complexity index is 44.3. The van der Waals surface area contributed by atoms with E-state index in [4.69, 9.17) is 9.57 Å². The summed E-state index contributed by atoms with van der Waals surface area (Å²) in [5.41, 5.74) is 2.79.